The zero-order chi connectivity index (χ0) is 22.4. The van der Waals surface area contributed by atoms with Crippen LogP contribution < -0.4 is 0 Å². The van der Waals surface area contributed by atoms with E-state index < -0.39 is 35.7 Å². The Hall–Kier alpha value is -0.160. The molecule has 0 radical (unpaired) electrons. The second-order valence-electron chi connectivity index (χ2n) is 11.0. The van der Waals surface area contributed by atoms with Crippen LogP contribution in [-0.4, -0.2) is 44.8 Å². The van der Waals surface area contributed by atoms with E-state index >= 15 is 0 Å². The lowest BCUT2D eigenvalue weighted by Gasteiger charge is -2.56. The van der Waals surface area contributed by atoms with Gasteiger partial charge in [0.25, 0.3) is 0 Å². The van der Waals surface area contributed by atoms with Crippen molar-refractivity contribution < 1.29 is 20.4 Å². The zero-order valence-electron chi connectivity index (χ0n) is 20.1. The Kier molecular flexibility index (Phi) is 11.1. The van der Waals surface area contributed by atoms with Gasteiger partial charge in [-0.05, 0) is 43.4 Å². The maximum absolute atomic E-state index is 11.6. The van der Waals surface area contributed by atoms with Crippen LogP contribution in [-0.2, 0) is 0 Å². The topological polar surface area (TPSA) is 80.9 Å². The molecule has 0 aliphatic heterocycles. The van der Waals surface area contributed by atoms with Crippen molar-refractivity contribution in [2.75, 3.05) is 0 Å². The summed E-state index contributed by atoms with van der Waals surface area (Å²) in [6.07, 6.45) is 3.12. The van der Waals surface area contributed by atoms with Crippen molar-refractivity contribution in [3.63, 3.8) is 0 Å². The first-order valence-corrected chi connectivity index (χ1v) is 12.2. The van der Waals surface area contributed by atoms with E-state index in [1.165, 1.54) is 0 Å². The summed E-state index contributed by atoms with van der Waals surface area (Å²) in [5.41, 5.74) is -0.658. The quantitative estimate of drug-likeness (QED) is 0.371. The standard InChI is InChI=1S/C25H50O4/c1-8-9-20(26)21-22(27)19(11-10-16(2)3)23(28)25(24(21)29,14-12-17(4)5)15-13-18(6)7/h16-24,26-29H,8-15H2,1-7H3. The fourth-order valence-corrected chi connectivity index (χ4v) is 5.26. The first-order chi connectivity index (χ1) is 13.5. The van der Waals surface area contributed by atoms with Crippen molar-refractivity contribution in [1.82, 2.24) is 0 Å². The van der Waals surface area contributed by atoms with E-state index in [0.717, 1.165) is 44.9 Å². The number of aliphatic hydroxyl groups is 4. The normalized spacial score (nSPS) is 31.0. The van der Waals surface area contributed by atoms with Gasteiger partial charge in [0.1, 0.15) is 0 Å². The minimum absolute atomic E-state index is 0.295. The van der Waals surface area contributed by atoms with E-state index in [1.54, 1.807) is 0 Å². The van der Waals surface area contributed by atoms with Gasteiger partial charge in [-0.3, -0.25) is 0 Å². The van der Waals surface area contributed by atoms with Crippen molar-refractivity contribution in [3.05, 3.63) is 0 Å². The smallest absolute Gasteiger partial charge is 0.0699 e. The van der Waals surface area contributed by atoms with E-state index in [9.17, 15) is 20.4 Å². The van der Waals surface area contributed by atoms with Crippen molar-refractivity contribution in [2.24, 2.45) is 35.0 Å². The molecular formula is C25H50O4. The summed E-state index contributed by atoms with van der Waals surface area (Å²) >= 11 is 0. The Bertz CT molecular complexity index is 436. The summed E-state index contributed by atoms with van der Waals surface area (Å²) in [6, 6.07) is 0. The predicted octanol–water partition coefficient (Wildman–Crippen LogP) is 4.77. The van der Waals surface area contributed by atoms with Crippen molar-refractivity contribution in [3.8, 4) is 0 Å². The Labute approximate surface area is 180 Å². The zero-order valence-corrected chi connectivity index (χ0v) is 20.1. The minimum Gasteiger partial charge on any atom is -0.393 e. The lowest BCUT2D eigenvalue weighted by atomic mass is 9.54. The summed E-state index contributed by atoms with van der Waals surface area (Å²) in [6.45, 7) is 15.0. The summed E-state index contributed by atoms with van der Waals surface area (Å²) in [5, 5.41) is 45.2. The van der Waals surface area contributed by atoms with Gasteiger partial charge < -0.3 is 20.4 Å². The molecular weight excluding hydrogens is 364 g/mol. The molecule has 4 nitrogen and oxygen atoms in total. The van der Waals surface area contributed by atoms with Crippen molar-refractivity contribution >= 4 is 0 Å². The second-order valence-corrected chi connectivity index (χ2v) is 11.0. The molecule has 0 saturated heterocycles. The largest absolute Gasteiger partial charge is 0.393 e. The molecule has 1 aliphatic carbocycles. The van der Waals surface area contributed by atoms with Gasteiger partial charge in [-0.2, -0.15) is 0 Å². The highest BCUT2D eigenvalue weighted by molar-refractivity contribution is 5.07. The van der Waals surface area contributed by atoms with Gasteiger partial charge >= 0.3 is 0 Å². The number of aliphatic hydroxyl groups excluding tert-OH is 4. The van der Waals surface area contributed by atoms with Crippen LogP contribution in [0, 0.1) is 35.0 Å². The number of hydrogen-bond acceptors (Lipinski definition) is 4. The van der Waals surface area contributed by atoms with E-state index in [0.29, 0.717) is 24.2 Å². The summed E-state index contributed by atoms with van der Waals surface area (Å²) in [5.74, 6) is 0.558. The molecule has 0 amide bonds. The molecule has 1 rings (SSSR count). The minimum atomic E-state index is -0.887. The van der Waals surface area contributed by atoms with Crippen LogP contribution in [0.15, 0.2) is 0 Å². The average Bonchev–Trinajstić information content (AvgIpc) is 2.61. The highest BCUT2D eigenvalue weighted by Gasteiger charge is 2.58. The van der Waals surface area contributed by atoms with Crippen LogP contribution in [0.2, 0.25) is 0 Å². The highest BCUT2D eigenvalue weighted by atomic mass is 16.3. The third kappa shape index (κ3) is 6.92. The molecule has 0 aromatic heterocycles. The highest BCUT2D eigenvalue weighted by Crippen LogP contribution is 2.52. The summed E-state index contributed by atoms with van der Waals surface area (Å²) in [4.78, 5) is 0. The van der Waals surface area contributed by atoms with E-state index in [2.05, 4.69) is 41.5 Å². The first-order valence-electron chi connectivity index (χ1n) is 12.2. The SMILES string of the molecule is CCCC(O)C1C(O)C(CCC(C)C)C(O)C(CCC(C)C)(CCC(C)C)C1O. The fraction of sp³-hybridized carbons (Fsp3) is 1.00. The van der Waals surface area contributed by atoms with Crippen LogP contribution in [0.25, 0.3) is 0 Å². The Morgan fingerprint density at radius 1 is 0.724 bits per heavy atom. The van der Waals surface area contributed by atoms with E-state index in [4.69, 9.17) is 0 Å². The third-order valence-electron chi connectivity index (χ3n) is 7.26. The van der Waals surface area contributed by atoms with E-state index in [-0.39, 0.29) is 5.92 Å². The first kappa shape index (κ1) is 26.9. The van der Waals surface area contributed by atoms with Crippen molar-refractivity contribution in [2.45, 2.75) is 124 Å². The molecule has 4 N–H and O–H groups in total. The van der Waals surface area contributed by atoms with E-state index in [1.807, 2.05) is 6.92 Å². The lowest BCUT2D eigenvalue weighted by Crippen LogP contribution is -2.64. The van der Waals surface area contributed by atoms with Gasteiger partial charge in [0.2, 0.25) is 0 Å². The second kappa shape index (κ2) is 12.0. The molecule has 6 unspecified atom stereocenters. The summed E-state index contributed by atoms with van der Waals surface area (Å²) in [7, 11) is 0. The molecule has 174 valence electrons. The van der Waals surface area contributed by atoms with Crippen LogP contribution >= 0.6 is 0 Å². The Balaban J connectivity index is 3.35. The van der Waals surface area contributed by atoms with Crippen LogP contribution in [0.4, 0.5) is 0 Å². The molecule has 1 saturated carbocycles. The average molecular weight is 415 g/mol. The monoisotopic (exact) mass is 414 g/mol. The molecule has 1 fully saturated rings. The van der Waals surface area contributed by atoms with Gasteiger partial charge in [0.05, 0.1) is 24.4 Å². The molecule has 29 heavy (non-hydrogen) atoms. The summed E-state index contributed by atoms with van der Waals surface area (Å²) < 4.78 is 0. The van der Waals surface area contributed by atoms with Crippen molar-refractivity contribution in [1.29, 1.82) is 0 Å². The Morgan fingerprint density at radius 3 is 1.62 bits per heavy atom. The van der Waals surface area contributed by atoms with Crippen LogP contribution in [0.1, 0.15) is 99.8 Å². The molecule has 0 spiro atoms. The van der Waals surface area contributed by atoms with Gasteiger partial charge in [0, 0.05) is 17.3 Å². The third-order valence-corrected chi connectivity index (χ3v) is 7.26. The van der Waals surface area contributed by atoms with Gasteiger partial charge in [-0.25, -0.2) is 0 Å². The lowest BCUT2D eigenvalue weighted by molar-refractivity contribution is -0.227. The maximum atomic E-state index is 11.6. The number of hydrogen-bond donors (Lipinski definition) is 4. The van der Waals surface area contributed by atoms with Gasteiger partial charge in [-0.15, -0.1) is 0 Å². The predicted molar refractivity (Wildman–Crippen MR) is 121 cm³/mol. The molecule has 4 heteroatoms. The molecule has 0 aromatic carbocycles. The van der Waals surface area contributed by atoms with Gasteiger partial charge in [-0.1, -0.05) is 74.1 Å². The molecule has 0 aromatic rings. The van der Waals surface area contributed by atoms with Crippen LogP contribution in [0.3, 0.4) is 0 Å². The fourth-order valence-electron chi connectivity index (χ4n) is 5.26. The Morgan fingerprint density at radius 2 is 1.21 bits per heavy atom. The maximum Gasteiger partial charge on any atom is 0.0699 e. The number of rotatable bonds is 12. The molecule has 0 heterocycles. The molecule has 6 atom stereocenters. The van der Waals surface area contributed by atoms with Gasteiger partial charge in [0.15, 0.2) is 0 Å². The van der Waals surface area contributed by atoms with Crippen LogP contribution in [0.5, 0.6) is 0 Å². The molecule has 1 aliphatic rings. The molecule has 0 bridgehead atoms.